The number of piperazine rings is 1. The van der Waals surface area contributed by atoms with Crippen molar-refractivity contribution in [3.8, 4) is 0 Å². The highest BCUT2D eigenvalue weighted by atomic mass is 15.3. The first-order chi connectivity index (χ1) is 7.76. The molecule has 0 bridgehead atoms. The molecule has 3 nitrogen and oxygen atoms in total. The molecule has 0 aromatic heterocycles. The molecule has 1 atom stereocenters. The number of rotatable bonds is 7. The third-order valence-electron chi connectivity index (χ3n) is 3.48. The summed E-state index contributed by atoms with van der Waals surface area (Å²) in [6.45, 7) is 11.9. The monoisotopic (exact) mass is 227 g/mol. The zero-order chi connectivity index (χ0) is 11.8. The predicted molar refractivity (Wildman–Crippen MR) is 70.7 cm³/mol. The van der Waals surface area contributed by atoms with Crippen molar-refractivity contribution in [1.82, 2.24) is 9.80 Å². The third kappa shape index (κ3) is 5.28. The molecule has 0 saturated carbocycles. The summed E-state index contributed by atoms with van der Waals surface area (Å²) in [7, 11) is 0. The molecule has 0 aromatic carbocycles. The third-order valence-corrected chi connectivity index (χ3v) is 3.48. The molecule has 1 heterocycles. The Morgan fingerprint density at radius 3 is 1.94 bits per heavy atom. The van der Waals surface area contributed by atoms with Gasteiger partial charge in [0.25, 0.3) is 0 Å². The Balaban J connectivity index is 2.07. The minimum atomic E-state index is 0.415. The SMILES string of the molecule is CCCC(N)CCN1CCN(CCC)CC1. The molecule has 0 amide bonds. The van der Waals surface area contributed by atoms with Crippen molar-refractivity contribution >= 4 is 0 Å². The molecule has 1 aliphatic rings. The molecule has 0 spiro atoms. The van der Waals surface area contributed by atoms with E-state index < -0.39 is 0 Å². The van der Waals surface area contributed by atoms with E-state index in [9.17, 15) is 0 Å². The summed E-state index contributed by atoms with van der Waals surface area (Å²) in [5.74, 6) is 0. The van der Waals surface area contributed by atoms with Crippen LogP contribution in [-0.2, 0) is 0 Å². The van der Waals surface area contributed by atoms with Crippen molar-refractivity contribution in [1.29, 1.82) is 0 Å². The van der Waals surface area contributed by atoms with Crippen LogP contribution < -0.4 is 5.73 Å². The normalized spacial score (nSPS) is 21.2. The van der Waals surface area contributed by atoms with Crippen LogP contribution in [0.25, 0.3) is 0 Å². The standard InChI is InChI=1S/C13H29N3/c1-3-5-13(14)6-8-16-11-9-15(7-4-2)10-12-16/h13H,3-12,14H2,1-2H3. The van der Waals surface area contributed by atoms with Gasteiger partial charge >= 0.3 is 0 Å². The molecule has 1 saturated heterocycles. The summed E-state index contributed by atoms with van der Waals surface area (Å²) in [5.41, 5.74) is 6.04. The fourth-order valence-corrected chi connectivity index (χ4v) is 2.42. The minimum Gasteiger partial charge on any atom is -0.328 e. The van der Waals surface area contributed by atoms with Gasteiger partial charge in [0.2, 0.25) is 0 Å². The van der Waals surface area contributed by atoms with Gasteiger partial charge in [-0.25, -0.2) is 0 Å². The van der Waals surface area contributed by atoms with Crippen molar-refractivity contribution in [3.05, 3.63) is 0 Å². The largest absolute Gasteiger partial charge is 0.328 e. The van der Waals surface area contributed by atoms with Crippen LogP contribution in [0.3, 0.4) is 0 Å². The number of hydrogen-bond donors (Lipinski definition) is 1. The first-order valence-corrected chi connectivity index (χ1v) is 6.96. The lowest BCUT2D eigenvalue weighted by Crippen LogP contribution is -2.47. The Bertz CT molecular complexity index is 165. The highest BCUT2D eigenvalue weighted by Gasteiger charge is 2.16. The summed E-state index contributed by atoms with van der Waals surface area (Å²) in [6.07, 6.45) is 4.84. The van der Waals surface area contributed by atoms with Gasteiger partial charge in [-0.1, -0.05) is 20.3 Å². The molecule has 3 heteroatoms. The number of nitrogens with two attached hydrogens (primary N) is 1. The second-order valence-corrected chi connectivity index (χ2v) is 5.02. The summed E-state index contributed by atoms with van der Waals surface area (Å²) >= 11 is 0. The van der Waals surface area contributed by atoms with E-state index in [2.05, 4.69) is 23.6 Å². The molecule has 1 fully saturated rings. The maximum absolute atomic E-state index is 6.04. The second kappa shape index (κ2) is 8.04. The van der Waals surface area contributed by atoms with Crippen molar-refractivity contribution in [2.75, 3.05) is 39.3 Å². The molecule has 1 aliphatic heterocycles. The summed E-state index contributed by atoms with van der Waals surface area (Å²) in [4.78, 5) is 5.14. The number of hydrogen-bond acceptors (Lipinski definition) is 3. The molecule has 0 aliphatic carbocycles. The average Bonchev–Trinajstić information content (AvgIpc) is 2.29. The Morgan fingerprint density at radius 2 is 1.44 bits per heavy atom. The Labute approximate surface area is 101 Å². The first kappa shape index (κ1) is 13.9. The zero-order valence-corrected chi connectivity index (χ0v) is 11.1. The van der Waals surface area contributed by atoms with E-state index in [0.717, 1.165) is 0 Å². The van der Waals surface area contributed by atoms with E-state index in [1.165, 1.54) is 65.0 Å². The zero-order valence-electron chi connectivity index (χ0n) is 11.1. The maximum Gasteiger partial charge on any atom is 0.0110 e. The van der Waals surface area contributed by atoms with Crippen molar-refractivity contribution in [2.45, 2.75) is 45.6 Å². The van der Waals surface area contributed by atoms with Gasteiger partial charge in [-0.2, -0.15) is 0 Å². The Kier molecular flexibility index (Phi) is 7.01. The van der Waals surface area contributed by atoms with Crippen LogP contribution in [0.4, 0.5) is 0 Å². The fourth-order valence-electron chi connectivity index (χ4n) is 2.42. The molecular formula is C13H29N3. The highest BCUT2D eigenvalue weighted by Crippen LogP contribution is 2.05. The second-order valence-electron chi connectivity index (χ2n) is 5.02. The summed E-state index contributed by atoms with van der Waals surface area (Å²) < 4.78 is 0. The van der Waals surface area contributed by atoms with E-state index in [-0.39, 0.29) is 0 Å². The van der Waals surface area contributed by atoms with E-state index in [1.54, 1.807) is 0 Å². The Morgan fingerprint density at radius 1 is 0.875 bits per heavy atom. The van der Waals surface area contributed by atoms with Gasteiger partial charge < -0.3 is 15.5 Å². The van der Waals surface area contributed by atoms with E-state index >= 15 is 0 Å². The van der Waals surface area contributed by atoms with E-state index in [1.807, 2.05) is 0 Å². The highest BCUT2D eigenvalue weighted by molar-refractivity contribution is 4.73. The fraction of sp³-hybridized carbons (Fsp3) is 1.00. The van der Waals surface area contributed by atoms with Gasteiger partial charge in [0, 0.05) is 32.2 Å². The molecule has 96 valence electrons. The molecule has 1 rings (SSSR count). The minimum absolute atomic E-state index is 0.415. The molecule has 1 unspecified atom stereocenters. The van der Waals surface area contributed by atoms with Gasteiger partial charge in [-0.15, -0.1) is 0 Å². The van der Waals surface area contributed by atoms with Gasteiger partial charge in [0.15, 0.2) is 0 Å². The van der Waals surface area contributed by atoms with E-state index in [0.29, 0.717) is 6.04 Å². The van der Waals surface area contributed by atoms with E-state index in [4.69, 9.17) is 5.73 Å². The quantitative estimate of drug-likeness (QED) is 0.716. The molecular weight excluding hydrogens is 198 g/mol. The average molecular weight is 227 g/mol. The molecule has 2 N–H and O–H groups in total. The summed E-state index contributed by atoms with van der Waals surface area (Å²) in [5, 5.41) is 0. The topological polar surface area (TPSA) is 32.5 Å². The van der Waals surface area contributed by atoms with Crippen LogP contribution in [-0.4, -0.2) is 55.1 Å². The van der Waals surface area contributed by atoms with Crippen molar-refractivity contribution in [3.63, 3.8) is 0 Å². The number of nitrogens with zero attached hydrogens (tertiary/aromatic N) is 2. The lowest BCUT2D eigenvalue weighted by atomic mass is 10.1. The molecule has 0 aromatic rings. The van der Waals surface area contributed by atoms with Crippen molar-refractivity contribution < 1.29 is 0 Å². The first-order valence-electron chi connectivity index (χ1n) is 6.96. The predicted octanol–water partition coefficient (Wildman–Crippen LogP) is 1.53. The van der Waals surface area contributed by atoms with Crippen molar-refractivity contribution in [2.24, 2.45) is 5.73 Å². The Hall–Kier alpha value is -0.120. The maximum atomic E-state index is 6.04. The van der Waals surface area contributed by atoms with Crippen LogP contribution in [0.1, 0.15) is 39.5 Å². The van der Waals surface area contributed by atoms with Gasteiger partial charge in [0.05, 0.1) is 0 Å². The van der Waals surface area contributed by atoms with Gasteiger partial charge in [0.1, 0.15) is 0 Å². The van der Waals surface area contributed by atoms with Crippen LogP contribution in [0.5, 0.6) is 0 Å². The van der Waals surface area contributed by atoms with Gasteiger partial charge in [-0.3, -0.25) is 0 Å². The lowest BCUT2D eigenvalue weighted by Gasteiger charge is -2.34. The van der Waals surface area contributed by atoms with Crippen LogP contribution in [0, 0.1) is 0 Å². The van der Waals surface area contributed by atoms with Crippen LogP contribution in [0.15, 0.2) is 0 Å². The smallest absolute Gasteiger partial charge is 0.0110 e. The van der Waals surface area contributed by atoms with Gasteiger partial charge in [-0.05, 0) is 32.4 Å². The van der Waals surface area contributed by atoms with Crippen LogP contribution >= 0.6 is 0 Å². The lowest BCUT2D eigenvalue weighted by molar-refractivity contribution is 0.129. The summed E-state index contributed by atoms with van der Waals surface area (Å²) in [6, 6.07) is 0.415. The molecule has 0 radical (unpaired) electrons. The van der Waals surface area contributed by atoms with Crippen LogP contribution in [0.2, 0.25) is 0 Å². The molecule has 16 heavy (non-hydrogen) atoms.